The first-order chi connectivity index (χ1) is 40.2. The van der Waals surface area contributed by atoms with Gasteiger partial charge < -0.3 is 42.6 Å². The van der Waals surface area contributed by atoms with Gasteiger partial charge in [0.2, 0.25) is 5.13 Å². The highest BCUT2D eigenvalue weighted by Crippen LogP contribution is 2.39. The summed E-state index contributed by atoms with van der Waals surface area (Å²) in [5.74, 6) is -2.40. The molecule has 0 atom stereocenters. The van der Waals surface area contributed by atoms with E-state index in [2.05, 4.69) is 35.2 Å². The van der Waals surface area contributed by atoms with Crippen LogP contribution in [0.25, 0.3) is 10.2 Å². The minimum absolute atomic E-state index is 0.0254. The molecule has 0 amide bonds. The maximum absolute atomic E-state index is 14.3. The number of para-hydroxylation sites is 1. The van der Waals surface area contributed by atoms with Gasteiger partial charge in [0, 0.05) is 49.5 Å². The van der Waals surface area contributed by atoms with Gasteiger partial charge in [0.15, 0.2) is 11.5 Å². The molecule has 0 saturated carbocycles. The third kappa shape index (κ3) is 20.3. The minimum atomic E-state index is -1.02. The van der Waals surface area contributed by atoms with Gasteiger partial charge in [-0.1, -0.05) is 49.3 Å². The van der Waals surface area contributed by atoms with Gasteiger partial charge >= 0.3 is 35.8 Å². The van der Waals surface area contributed by atoms with E-state index in [1.807, 2.05) is 65.8 Å². The Morgan fingerprint density at radius 2 is 0.988 bits per heavy atom. The van der Waals surface area contributed by atoms with Gasteiger partial charge in [-0.2, -0.15) is 5.10 Å². The number of hydrogen-bond acceptors (Lipinski definition) is 19. The number of esters is 6. The molecule has 86 heavy (non-hydrogen) atoms. The van der Waals surface area contributed by atoms with Crippen molar-refractivity contribution < 1.29 is 71.4 Å². The Balaban J connectivity index is 1.16. The number of nitrogens with one attached hydrogen (secondary N) is 1. The van der Waals surface area contributed by atoms with Crippen LogP contribution >= 0.6 is 11.3 Å². The Bertz CT molecular complexity index is 3470. The van der Waals surface area contributed by atoms with Crippen LogP contribution in [0, 0.1) is 0 Å². The molecule has 6 rings (SSSR count). The highest BCUT2D eigenvalue weighted by Gasteiger charge is 2.37. The van der Waals surface area contributed by atoms with Crippen molar-refractivity contribution >= 4 is 68.7 Å². The average Bonchev–Trinajstić information content (AvgIpc) is 2.69. The van der Waals surface area contributed by atoms with Crippen molar-refractivity contribution in [1.29, 1.82) is 0 Å². The number of nitrogens with zero attached hydrogens (tertiary/aromatic N) is 2. The lowest BCUT2D eigenvalue weighted by molar-refractivity contribution is -0.155. The van der Waals surface area contributed by atoms with Crippen LogP contribution in [-0.2, 0) is 39.8 Å². The summed E-state index contributed by atoms with van der Waals surface area (Å²) in [6.07, 6.45) is 5.88. The Hall–Kier alpha value is -9.10. The number of ether oxygens (including phenoxy) is 9. The summed E-state index contributed by atoms with van der Waals surface area (Å²) in [7, 11) is 0. The number of rotatable bonds is 29. The Morgan fingerprint density at radius 1 is 0.512 bits per heavy atom. The number of thiazole rings is 1. The van der Waals surface area contributed by atoms with E-state index in [-0.39, 0.29) is 65.6 Å². The van der Waals surface area contributed by atoms with Gasteiger partial charge in [-0.05, 0) is 180 Å². The molecule has 5 aromatic carbocycles. The number of carbonyl (C=O) groups excluding carboxylic acids is 6. The summed E-state index contributed by atoms with van der Waals surface area (Å²) < 4.78 is 54.4. The zero-order valence-electron chi connectivity index (χ0n) is 50.8. The van der Waals surface area contributed by atoms with E-state index in [9.17, 15) is 28.8 Å². The lowest BCUT2D eigenvalue weighted by Gasteiger charge is -2.37. The van der Waals surface area contributed by atoms with Gasteiger partial charge in [0.05, 0.1) is 39.7 Å². The summed E-state index contributed by atoms with van der Waals surface area (Å²) in [4.78, 5) is 81.5. The lowest BCUT2D eigenvalue weighted by atomic mass is 9.91. The predicted molar refractivity (Wildman–Crippen MR) is 330 cm³/mol. The lowest BCUT2D eigenvalue weighted by Crippen LogP contribution is -2.41. The Morgan fingerprint density at radius 3 is 1.53 bits per heavy atom. The van der Waals surface area contributed by atoms with Crippen molar-refractivity contribution in [3.8, 4) is 28.7 Å². The van der Waals surface area contributed by atoms with E-state index in [0.717, 1.165) is 28.4 Å². The van der Waals surface area contributed by atoms with Crippen LogP contribution in [0.5, 0.6) is 28.7 Å². The van der Waals surface area contributed by atoms with E-state index in [0.29, 0.717) is 28.4 Å². The van der Waals surface area contributed by atoms with Crippen molar-refractivity contribution in [1.82, 2.24) is 4.98 Å². The zero-order valence-corrected chi connectivity index (χ0v) is 51.6. The summed E-state index contributed by atoms with van der Waals surface area (Å²) in [5.41, 5.74) is -0.00707. The fraction of sp³-hybridized carbons (Fsp3) is 0.343. The maximum atomic E-state index is 14.3. The van der Waals surface area contributed by atoms with E-state index < -0.39 is 69.4 Å². The normalized spacial score (nSPS) is 12.1. The molecular weight excluding hydrogens is 1120 g/mol. The summed E-state index contributed by atoms with van der Waals surface area (Å²) in [6, 6.07) is 29.8. The molecule has 0 radical (unpaired) electrons. The summed E-state index contributed by atoms with van der Waals surface area (Å²) >= 11 is 1.41. The monoisotopic (exact) mass is 1190 g/mol. The van der Waals surface area contributed by atoms with Crippen molar-refractivity contribution in [3.05, 3.63) is 175 Å². The van der Waals surface area contributed by atoms with Gasteiger partial charge in [0.25, 0.3) is 0 Å². The molecular formula is C67H75N3O15S. The van der Waals surface area contributed by atoms with Gasteiger partial charge in [-0.15, -0.1) is 0 Å². The molecule has 0 aliphatic heterocycles. The third-order valence-electron chi connectivity index (χ3n) is 12.5. The van der Waals surface area contributed by atoms with Crippen molar-refractivity contribution in [3.63, 3.8) is 0 Å². The van der Waals surface area contributed by atoms with Crippen molar-refractivity contribution in [2.45, 2.75) is 142 Å². The van der Waals surface area contributed by atoms with E-state index in [1.165, 1.54) is 53.9 Å². The minimum Gasteiger partial charge on any atom is -0.488 e. The molecule has 454 valence electrons. The van der Waals surface area contributed by atoms with Gasteiger partial charge in [-0.25, -0.2) is 33.8 Å². The molecule has 0 unspecified atom stereocenters. The van der Waals surface area contributed by atoms with Crippen LogP contribution in [0.15, 0.2) is 152 Å². The number of hydrazone groups is 1. The second-order valence-corrected chi connectivity index (χ2v) is 24.9. The molecule has 0 saturated heterocycles. The quantitative estimate of drug-likeness (QED) is 0.0115. The first kappa shape index (κ1) is 66.0. The van der Waals surface area contributed by atoms with Crippen molar-refractivity contribution in [2.75, 3.05) is 12.0 Å². The topological polar surface area (TPSA) is 223 Å². The molecule has 1 N–H and O–H groups in total. The van der Waals surface area contributed by atoms with Crippen LogP contribution in [-0.4, -0.2) is 87.2 Å². The predicted octanol–water partition coefficient (Wildman–Crippen LogP) is 13.7. The molecule has 0 bridgehead atoms. The standard InChI is InChI=1S/C67H75N3O15S/c1-16-55(71)83-65(10,11)40-62(4,5)80-49-31-26-45(27-32-49)59(75)78-48-29-24-44(25-30-48)58(74)77-36-35-43-23-33-51(47(37-43)39-68-70-61-69-50-21-19-20-22-54(50)86-61)79-60(76)46-28-34-52(81-63(6,7)41-66(12,13)84-56(72)17-2)53(38-46)82-64(8,9)42-67(14,15)85-57(73)18-3/h16-34,37-39H,1-3,35-36,40-42H2,4-15H3,(H,69,70)/b68-39+. The molecule has 0 aliphatic carbocycles. The van der Waals surface area contributed by atoms with Gasteiger partial charge in [-0.3, -0.25) is 5.43 Å². The zero-order chi connectivity index (χ0) is 63.3. The number of fused-ring (bicyclic) bond motifs is 1. The molecule has 0 aliphatic rings. The van der Waals surface area contributed by atoms with Crippen LogP contribution < -0.4 is 29.1 Å². The van der Waals surface area contributed by atoms with Crippen molar-refractivity contribution in [2.24, 2.45) is 5.10 Å². The molecule has 19 heteroatoms. The number of benzene rings is 5. The highest BCUT2D eigenvalue weighted by atomic mass is 32.1. The van der Waals surface area contributed by atoms with E-state index >= 15 is 0 Å². The smallest absolute Gasteiger partial charge is 0.343 e. The molecule has 6 aromatic rings. The molecule has 1 aromatic heterocycles. The highest BCUT2D eigenvalue weighted by molar-refractivity contribution is 7.22. The first-order valence-electron chi connectivity index (χ1n) is 27.6. The second kappa shape index (κ2) is 27.7. The second-order valence-electron chi connectivity index (χ2n) is 23.9. The fourth-order valence-electron chi connectivity index (χ4n) is 9.96. The average molecular weight is 1190 g/mol. The van der Waals surface area contributed by atoms with Gasteiger partial charge in [0.1, 0.15) is 50.9 Å². The third-order valence-corrected chi connectivity index (χ3v) is 13.4. The largest absolute Gasteiger partial charge is 0.488 e. The van der Waals surface area contributed by atoms with Crippen LogP contribution in [0.4, 0.5) is 5.13 Å². The maximum Gasteiger partial charge on any atom is 0.343 e. The van der Waals surface area contributed by atoms with Crippen LogP contribution in [0.3, 0.4) is 0 Å². The number of anilines is 1. The Labute approximate surface area is 506 Å². The van der Waals surface area contributed by atoms with E-state index in [1.54, 1.807) is 90.1 Å². The number of carbonyl (C=O) groups is 6. The summed E-state index contributed by atoms with van der Waals surface area (Å²) in [6.45, 7) is 32.0. The molecule has 18 nitrogen and oxygen atoms in total. The van der Waals surface area contributed by atoms with Crippen LogP contribution in [0.2, 0.25) is 0 Å². The SMILES string of the molecule is C=CC(=O)OC(C)(C)CC(C)(C)Oc1ccc(C(=O)Oc2ccc(C(=O)OCCc3ccc(OC(=O)c4ccc(OC(C)(C)CC(C)(C)OC(=O)C=C)c(OC(C)(C)CC(C)(C)OC(=O)C=C)c4)c(/C=N/Nc4nc5ccccc5s4)c3)cc2)cc1. The Kier molecular flexibility index (Phi) is 21.3. The molecule has 1 heterocycles. The molecule has 0 fully saturated rings. The van der Waals surface area contributed by atoms with E-state index in [4.69, 9.17) is 42.6 Å². The fourth-order valence-corrected chi connectivity index (χ4v) is 10.8. The number of hydrogen-bond donors (Lipinski definition) is 1. The van der Waals surface area contributed by atoms with Crippen LogP contribution in [0.1, 0.15) is 145 Å². The number of aromatic nitrogens is 1. The first-order valence-corrected chi connectivity index (χ1v) is 28.4. The summed E-state index contributed by atoms with van der Waals surface area (Å²) in [5, 5.41) is 4.98. The molecule has 0 spiro atoms.